The second-order valence-electron chi connectivity index (χ2n) is 10.9. The summed E-state index contributed by atoms with van der Waals surface area (Å²) in [6, 6.07) is 20.7. The summed E-state index contributed by atoms with van der Waals surface area (Å²) in [7, 11) is 5.13. The Kier molecular flexibility index (Phi) is 10.3. The van der Waals surface area contributed by atoms with E-state index in [0.717, 1.165) is 31.5 Å². The van der Waals surface area contributed by atoms with E-state index in [4.69, 9.17) is 18.9 Å². The average molecular weight is 616 g/mol. The van der Waals surface area contributed by atoms with Gasteiger partial charge in [0.25, 0.3) is 0 Å². The first-order chi connectivity index (χ1) is 21.8. The minimum atomic E-state index is -0.684. The van der Waals surface area contributed by atoms with Gasteiger partial charge < -0.3 is 29.2 Å². The zero-order valence-corrected chi connectivity index (χ0v) is 25.9. The van der Waals surface area contributed by atoms with Crippen molar-refractivity contribution in [1.82, 2.24) is 14.9 Å². The Labute approximate surface area is 262 Å². The number of piperidine rings is 1. The molecule has 2 atom stereocenters. The Morgan fingerprint density at radius 1 is 1.07 bits per heavy atom. The van der Waals surface area contributed by atoms with Crippen molar-refractivity contribution in [2.45, 2.75) is 25.9 Å². The van der Waals surface area contributed by atoms with Gasteiger partial charge in [-0.1, -0.05) is 30.3 Å². The fourth-order valence-electron chi connectivity index (χ4n) is 5.26. The molecule has 3 aromatic carbocycles. The molecular formula is C34H38FN5O5. The fourth-order valence-corrected chi connectivity index (χ4v) is 5.26. The van der Waals surface area contributed by atoms with Crippen molar-refractivity contribution in [3.63, 3.8) is 0 Å². The second kappa shape index (κ2) is 14.7. The highest BCUT2D eigenvalue weighted by Gasteiger charge is 2.27. The number of hydrogen-bond donors (Lipinski definition) is 1. The molecule has 4 aromatic rings. The third kappa shape index (κ3) is 7.98. The van der Waals surface area contributed by atoms with E-state index < -0.39 is 18.0 Å². The number of nitrogens with one attached hydrogen (secondary N) is 1. The number of carbonyl (C=O) groups is 1. The van der Waals surface area contributed by atoms with E-state index in [9.17, 15) is 4.79 Å². The highest BCUT2D eigenvalue weighted by Crippen LogP contribution is 2.37. The van der Waals surface area contributed by atoms with Crippen molar-refractivity contribution >= 4 is 29.2 Å². The summed E-state index contributed by atoms with van der Waals surface area (Å²) >= 11 is 0. The molecule has 0 radical (unpaired) electrons. The monoisotopic (exact) mass is 615 g/mol. The van der Waals surface area contributed by atoms with Gasteiger partial charge in [-0.3, -0.25) is 0 Å². The van der Waals surface area contributed by atoms with E-state index in [2.05, 4.69) is 27.2 Å². The maximum Gasteiger partial charge on any atom is 0.420 e. The number of carbonyl (C=O) groups excluding carboxylic acids is 1. The van der Waals surface area contributed by atoms with Gasteiger partial charge in [0.1, 0.15) is 23.4 Å². The third-order valence-electron chi connectivity index (χ3n) is 7.61. The van der Waals surface area contributed by atoms with Crippen LogP contribution in [0, 0.1) is 11.7 Å². The molecule has 0 spiro atoms. The average Bonchev–Trinajstić information content (AvgIpc) is 3.05. The van der Waals surface area contributed by atoms with Gasteiger partial charge in [-0.25, -0.2) is 19.1 Å². The molecule has 0 bridgehead atoms. The van der Waals surface area contributed by atoms with Crippen molar-refractivity contribution in [3.05, 3.63) is 90.4 Å². The minimum Gasteiger partial charge on any atom is -0.497 e. The molecule has 11 heteroatoms. The molecule has 45 heavy (non-hydrogen) atoms. The first-order valence-electron chi connectivity index (χ1n) is 14.8. The SMILES string of the molecule is COc1ccc(N(C(=O)OC(C)c2ccccc2)c2ccnc(Nc3ccc(OCC4CCCN(C)C4)c(F)c3)n2)c(OC)c1. The predicted molar refractivity (Wildman–Crippen MR) is 170 cm³/mol. The lowest BCUT2D eigenvalue weighted by molar-refractivity contribution is 0.116. The summed E-state index contributed by atoms with van der Waals surface area (Å²) in [6.45, 7) is 4.27. The van der Waals surface area contributed by atoms with Gasteiger partial charge in [-0.05, 0) is 63.2 Å². The minimum absolute atomic E-state index is 0.146. The van der Waals surface area contributed by atoms with Crippen LogP contribution < -0.4 is 24.4 Å². The normalized spacial score (nSPS) is 15.5. The molecule has 1 aliphatic rings. The Balaban J connectivity index is 1.37. The van der Waals surface area contributed by atoms with Crippen LogP contribution in [0.25, 0.3) is 0 Å². The molecular weight excluding hydrogens is 577 g/mol. The number of methoxy groups -OCH3 is 2. The van der Waals surface area contributed by atoms with E-state index in [1.54, 1.807) is 50.4 Å². The van der Waals surface area contributed by atoms with Crippen LogP contribution >= 0.6 is 0 Å². The first kappa shape index (κ1) is 31.5. The number of ether oxygens (including phenoxy) is 4. The molecule has 5 rings (SSSR count). The zero-order chi connectivity index (χ0) is 31.8. The molecule has 1 fully saturated rings. The second-order valence-corrected chi connectivity index (χ2v) is 10.9. The summed E-state index contributed by atoms with van der Waals surface area (Å²) in [5.74, 6) is 1.33. The van der Waals surface area contributed by atoms with Crippen LogP contribution in [-0.2, 0) is 4.74 Å². The zero-order valence-electron chi connectivity index (χ0n) is 25.9. The lowest BCUT2D eigenvalue weighted by Gasteiger charge is -2.29. The highest BCUT2D eigenvalue weighted by atomic mass is 19.1. The molecule has 1 aromatic heterocycles. The topological polar surface area (TPSA) is 98.3 Å². The van der Waals surface area contributed by atoms with Crippen molar-refractivity contribution in [3.8, 4) is 17.2 Å². The molecule has 2 unspecified atom stereocenters. The van der Waals surface area contributed by atoms with Crippen LogP contribution in [0.5, 0.6) is 17.2 Å². The van der Waals surface area contributed by atoms with Crippen molar-refractivity contribution in [2.24, 2.45) is 5.92 Å². The highest BCUT2D eigenvalue weighted by molar-refractivity contribution is 5.97. The number of nitrogens with zero attached hydrogens (tertiary/aromatic N) is 4. The summed E-state index contributed by atoms with van der Waals surface area (Å²) in [5, 5.41) is 3.03. The molecule has 236 valence electrons. The largest absolute Gasteiger partial charge is 0.497 e. The van der Waals surface area contributed by atoms with Gasteiger partial charge in [-0.2, -0.15) is 4.98 Å². The van der Waals surface area contributed by atoms with E-state index in [-0.39, 0.29) is 17.5 Å². The van der Waals surface area contributed by atoms with Crippen molar-refractivity contribution in [1.29, 1.82) is 0 Å². The lowest BCUT2D eigenvalue weighted by Crippen LogP contribution is -2.34. The third-order valence-corrected chi connectivity index (χ3v) is 7.61. The van der Waals surface area contributed by atoms with Crippen LogP contribution in [0.15, 0.2) is 79.0 Å². The van der Waals surface area contributed by atoms with Gasteiger partial charge in [0, 0.05) is 42.5 Å². The van der Waals surface area contributed by atoms with Gasteiger partial charge in [0.15, 0.2) is 11.6 Å². The molecule has 0 saturated carbocycles. The number of hydrogen-bond acceptors (Lipinski definition) is 9. The Hall–Kier alpha value is -4.90. The summed E-state index contributed by atoms with van der Waals surface area (Å²) in [5.41, 5.74) is 1.63. The van der Waals surface area contributed by atoms with E-state index in [1.165, 1.54) is 24.3 Å². The van der Waals surface area contributed by atoms with Crippen LogP contribution in [-0.4, -0.2) is 61.9 Å². The summed E-state index contributed by atoms with van der Waals surface area (Å²) in [6.07, 6.45) is 2.44. The molecule has 10 nitrogen and oxygen atoms in total. The molecule has 0 aliphatic carbocycles. The number of halogens is 1. The molecule has 1 aliphatic heterocycles. The lowest BCUT2D eigenvalue weighted by atomic mass is 10.00. The predicted octanol–water partition coefficient (Wildman–Crippen LogP) is 7.13. The number of amides is 1. The molecule has 2 heterocycles. The van der Waals surface area contributed by atoms with Crippen molar-refractivity contribution < 1.29 is 28.1 Å². The van der Waals surface area contributed by atoms with Crippen molar-refractivity contribution in [2.75, 3.05) is 51.2 Å². The van der Waals surface area contributed by atoms with Gasteiger partial charge in [0.05, 0.1) is 26.5 Å². The quantitative estimate of drug-likeness (QED) is 0.189. The van der Waals surface area contributed by atoms with Crippen LogP contribution in [0.4, 0.5) is 32.3 Å². The number of aromatic nitrogens is 2. The first-order valence-corrected chi connectivity index (χ1v) is 14.8. The summed E-state index contributed by atoms with van der Waals surface area (Å²) < 4.78 is 37.7. The standard InChI is InChI=1S/C34H38FN5O5/c1-23(25-10-6-5-7-11-25)45-34(41)40(29-14-13-27(42-3)20-31(29)43-4)32-16-17-36-33(38-32)37-26-12-15-30(28(35)19-26)44-22-24-9-8-18-39(2)21-24/h5-7,10-17,19-20,23-24H,8-9,18,21-22H2,1-4H3,(H,36,37,38). The number of rotatable bonds is 11. The van der Waals surface area contributed by atoms with E-state index in [0.29, 0.717) is 35.4 Å². The van der Waals surface area contributed by atoms with E-state index >= 15 is 4.39 Å². The maximum absolute atomic E-state index is 15.0. The Bertz CT molecular complexity index is 1590. The molecule has 1 N–H and O–H groups in total. The number of anilines is 4. The van der Waals surface area contributed by atoms with Crippen LogP contribution in [0.3, 0.4) is 0 Å². The maximum atomic E-state index is 15.0. The molecule has 1 saturated heterocycles. The Morgan fingerprint density at radius 3 is 2.62 bits per heavy atom. The smallest absolute Gasteiger partial charge is 0.420 e. The van der Waals surface area contributed by atoms with Gasteiger partial charge in [-0.15, -0.1) is 0 Å². The Morgan fingerprint density at radius 2 is 1.89 bits per heavy atom. The fraction of sp³-hybridized carbons (Fsp3) is 0.324. The van der Waals surface area contributed by atoms with E-state index in [1.807, 2.05) is 30.3 Å². The van der Waals surface area contributed by atoms with Gasteiger partial charge >= 0.3 is 6.09 Å². The number of likely N-dealkylation sites (tertiary alicyclic amines) is 1. The number of benzene rings is 3. The van der Waals surface area contributed by atoms with Crippen LogP contribution in [0.2, 0.25) is 0 Å². The molecule has 1 amide bonds. The van der Waals surface area contributed by atoms with Crippen LogP contribution in [0.1, 0.15) is 31.4 Å². The summed E-state index contributed by atoms with van der Waals surface area (Å²) in [4.78, 5) is 26.2. The van der Waals surface area contributed by atoms with Gasteiger partial charge in [0.2, 0.25) is 5.95 Å².